The summed E-state index contributed by atoms with van der Waals surface area (Å²) in [6.07, 6.45) is 0.768. The first kappa shape index (κ1) is 13.7. The van der Waals surface area contributed by atoms with Crippen molar-refractivity contribution < 1.29 is 8.91 Å². The molecule has 19 heavy (non-hydrogen) atoms. The molecule has 102 valence electrons. The zero-order valence-corrected chi connectivity index (χ0v) is 11.4. The maximum absolute atomic E-state index is 13.3. The minimum Gasteiger partial charge on any atom is -0.337 e. The van der Waals surface area contributed by atoms with Crippen LogP contribution in [0.1, 0.15) is 37.8 Å². The molecule has 0 saturated carbocycles. The predicted molar refractivity (Wildman–Crippen MR) is 70.8 cm³/mol. The number of aryl methyl sites for hydroxylation is 1. The maximum Gasteiger partial charge on any atom is 0.243 e. The number of halogens is 1. The SMILES string of the molecule is Cc1cc(F)cc(-c2noc(C(N)CC(C)C)n2)c1. The van der Waals surface area contributed by atoms with E-state index in [0.717, 1.165) is 12.0 Å². The summed E-state index contributed by atoms with van der Waals surface area (Å²) in [4.78, 5) is 4.25. The van der Waals surface area contributed by atoms with Gasteiger partial charge in [0.1, 0.15) is 5.82 Å². The molecule has 0 saturated heterocycles. The lowest BCUT2D eigenvalue weighted by atomic mass is 10.0. The van der Waals surface area contributed by atoms with Gasteiger partial charge in [0.15, 0.2) is 0 Å². The standard InChI is InChI=1S/C14H18FN3O/c1-8(2)4-12(16)14-17-13(18-19-14)10-5-9(3)6-11(15)7-10/h5-8,12H,4,16H2,1-3H3. The van der Waals surface area contributed by atoms with Crippen LogP contribution in [0.5, 0.6) is 0 Å². The molecule has 0 bridgehead atoms. The van der Waals surface area contributed by atoms with Gasteiger partial charge in [-0.25, -0.2) is 4.39 Å². The fourth-order valence-corrected chi connectivity index (χ4v) is 1.98. The molecule has 1 heterocycles. The molecule has 2 aromatic rings. The van der Waals surface area contributed by atoms with Gasteiger partial charge >= 0.3 is 0 Å². The summed E-state index contributed by atoms with van der Waals surface area (Å²) in [5.41, 5.74) is 7.39. The van der Waals surface area contributed by atoms with Gasteiger partial charge in [-0.1, -0.05) is 19.0 Å². The molecule has 0 fully saturated rings. The summed E-state index contributed by atoms with van der Waals surface area (Å²) in [6.45, 7) is 5.97. The highest BCUT2D eigenvalue weighted by Gasteiger charge is 2.17. The van der Waals surface area contributed by atoms with E-state index < -0.39 is 0 Å². The number of benzene rings is 1. The van der Waals surface area contributed by atoms with Gasteiger partial charge in [-0.3, -0.25) is 0 Å². The van der Waals surface area contributed by atoms with Crippen molar-refractivity contribution in [1.29, 1.82) is 0 Å². The van der Waals surface area contributed by atoms with Crippen molar-refractivity contribution in [1.82, 2.24) is 10.1 Å². The van der Waals surface area contributed by atoms with E-state index in [0.29, 0.717) is 23.2 Å². The van der Waals surface area contributed by atoms with Crippen molar-refractivity contribution in [3.05, 3.63) is 35.5 Å². The monoisotopic (exact) mass is 263 g/mol. The first-order valence-corrected chi connectivity index (χ1v) is 6.32. The largest absolute Gasteiger partial charge is 0.337 e. The summed E-state index contributed by atoms with van der Waals surface area (Å²) in [6, 6.07) is 4.37. The first-order valence-electron chi connectivity index (χ1n) is 6.32. The predicted octanol–water partition coefficient (Wildman–Crippen LogP) is 3.23. The van der Waals surface area contributed by atoms with Crippen molar-refractivity contribution in [2.24, 2.45) is 11.7 Å². The zero-order valence-electron chi connectivity index (χ0n) is 11.4. The summed E-state index contributed by atoms with van der Waals surface area (Å²) in [5, 5.41) is 3.86. The minimum absolute atomic E-state index is 0.282. The van der Waals surface area contributed by atoms with E-state index in [1.54, 1.807) is 0 Å². The van der Waals surface area contributed by atoms with Gasteiger partial charge in [-0.05, 0) is 43.0 Å². The van der Waals surface area contributed by atoms with Gasteiger partial charge < -0.3 is 10.3 Å². The van der Waals surface area contributed by atoms with Gasteiger partial charge in [0.2, 0.25) is 11.7 Å². The molecule has 0 spiro atoms. The lowest BCUT2D eigenvalue weighted by Crippen LogP contribution is -2.13. The Labute approximate surface area is 111 Å². The molecule has 5 heteroatoms. The second-order valence-electron chi connectivity index (χ2n) is 5.21. The van der Waals surface area contributed by atoms with Crippen LogP contribution in [0, 0.1) is 18.7 Å². The second kappa shape index (κ2) is 5.48. The molecule has 0 aliphatic rings. The van der Waals surface area contributed by atoms with Crippen LogP contribution in [0.3, 0.4) is 0 Å². The Morgan fingerprint density at radius 3 is 2.68 bits per heavy atom. The second-order valence-corrected chi connectivity index (χ2v) is 5.21. The molecule has 1 aromatic carbocycles. The van der Waals surface area contributed by atoms with Crippen LogP contribution in [0.15, 0.2) is 22.7 Å². The topological polar surface area (TPSA) is 64.9 Å². The van der Waals surface area contributed by atoms with Gasteiger partial charge in [0.25, 0.3) is 0 Å². The van der Waals surface area contributed by atoms with Crippen LogP contribution < -0.4 is 5.73 Å². The van der Waals surface area contributed by atoms with E-state index in [4.69, 9.17) is 10.3 Å². The third-order valence-electron chi connectivity index (χ3n) is 2.78. The molecule has 0 amide bonds. The smallest absolute Gasteiger partial charge is 0.243 e. The minimum atomic E-state index is -0.312. The van der Waals surface area contributed by atoms with Crippen LogP contribution in [-0.4, -0.2) is 10.1 Å². The van der Waals surface area contributed by atoms with Crippen LogP contribution in [0.25, 0.3) is 11.4 Å². The normalized spacial score (nSPS) is 12.9. The Morgan fingerprint density at radius 2 is 2.05 bits per heavy atom. The van der Waals surface area contributed by atoms with Crippen LogP contribution in [0.2, 0.25) is 0 Å². The number of hydrogen-bond donors (Lipinski definition) is 1. The molecular formula is C14H18FN3O. The molecule has 2 N–H and O–H groups in total. The van der Waals surface area contributed by atoms with Crippen molar-refractivity contribution in [3.63, 3.8) is 0 Å². The molecule has 2 rings (SSSR count). The van der Waals surface area contributed by atoms with E-state index in [-0.39, 0.29) is 11.9 Å². The molecule has 4 nitrogen and oxygen atoms in total. The molecular weight excluding hydrogens is 245 g/mol. The number of aromatic nitrogens is 2. The highest BCUT2D eigenvalue weighted by atomic mass is 19.1. The van der Waals surface area contributed by atoms with Gasteiger partial charge in [-0.15, -0.1) is 0 Å². The van der Waals surface area contributed by atoms with E-state index in [1.165, 1.54) is 12.1 Å². The lowest BCUT2D eigenvalue weighted by Gasteiger charge is -2.08. The quantitative estimate of drug-likeness (QED) is 0.919. The Balaban J connectivity index is 2.25. The summed E-state index contributed by atoms with van der Waals surface area (Å²) >= 11 is 0. The lowest BCUT2D eigenvalue weighted by molar-refractivity contribution is 0.335. The molecule has 0 aliphatic carbocycles. The average molecular weight is 263 g/mol. The molecule has 0 radical (unpaired) electrons. The number of hydrogen-bond acceptors (Lipinski definition) is 4. The summed E-state index contributed by atoms with van der Waals surface area (Å²) in [5.74, 6) is 0.900. The van der Waals surface area contributed by atoms with Gasteiger partial charge in [0.05, 0.1) is 6.04 Å². The van der Waals surface area contributed by atoms with E-state index >= 15 is 0 Å². The highest BCUT2D eigenvalue weighted by molar-refractivity contribution is 5.55. The first-order chi connectivity index (χ1) is 8.95. The van der Waals surface area contributed by atoms with Gasteiger partial charge in [0, 0.05) is 5.56 Å². The summed E-state index contributed by atoms with van der Waals surface area (Å²) < 4.78 is 18.5. The third-order valence-corrected chi connectivity index (χ3v) is 2.78. The highest BCUT2D eigenvalue weighted by Crippen LogP contribution is 2.22. The Kier molecular flexibility index (Phi) is 3.95. The van der Waals surface area contributed by atoms with Crippen LogP contribution in [-0.2, 0) is 0 Å². The Bertz CT molecular complexity index is 545. The van der Waals surface area contributed by atoms with Crippen molar-refractivity contribution in [2.45, 2.75) is 33.2 Å². The van der Waals surface area contributed by atoms with Crippen LogP contribution in [0.4, 0.5) is 4.39 Å². The third kappa shape index (κ3) is 3.38. The van der Waals surface area contributed by atoms with E-state index in [9.17, 15) is 4.39 Å². The zero-order chi connectivity index (χ0) is 14.0. The van der Waals surface area contributed by atoms with Crippen molar-refractivity contribution >= 4 is 0 Å². The molecule has 1 atom stereocenters. The Hall–Kier alpha value is -1.75. The van der Waals surface area contributed by atoms with Crippen LogP contribution >= 0.6 is 0 Å². The summed E-state index contributed by atoms with van der Waals surface area (Å²) in [7, 11) is 0. The molecule has 0 aliphatic heterocycles. The molecule has 1 unspecified atom stereocenters. The van der Waals surface area contributed by atoms with Gasteiger partial charge in [-0.2, -0.15) is 4.98 Å². The average Bonchev–Trinajstić information content (AvgIpc) is 2.75. The maximum atomic E-state index is 13.3. The van der Waals surface area contributed by atoms with E-state index in [1.807, 2.05) is 13.0 Å². The van der Waals surface area contributed by atoms with Crippen molar-refractivity contribution in [3.8, 4) is 11.4 Å². The molecule has 1 aromatic heterocycles. The number of nitrogens with zero attached hydrogens (tertiary/aromatic N) is 2. The van der Waals surface area contributed by atoms with Crippen molar-refractivity contribution in [2.75, 3.05) is 0 Å². The van der Waals surface area contributed by atoms with E-state index in [2.05, 4.69) is 24.0 Å². The number of nitrogens with two attached hydrogens (primary N) is 1. The fourth-order valence-electron chi connectivity index (χ4n) is 1.98. The Morgan fingerprint density at radius 1 is 1.32 bits per heavy atom. The number of rotatable bonds is 4. The fraction of sp³-hybridized carbons (Fsp3) is 0.429.